The van der Waals surface area contributed by atoms with Crippen LogP contribution in [0.2, 0.25) is 0 Å². The first-order valence-corrected chi connectivity index (χ1v) is 7.83. The Morgan fingerprint density at radius 2 is 2.09 bits per heavy atom. The lowest BCUT2D eigenvalue weighted by Gasteiger charge is -2.06. The van der Waals surface area contributed by atoms with Crippen LogP contribution in [0.4, 0.5) is 11.6 Å². The predicted octanol–water partition coefficient (Wildman–Crippen LogP) is 3.92. The van der Waals surface area contributed by atoms with Gasteiger partial charge in [-0.05, 0) is 31.5 Å². The van der Waals surface area contributed by atoms with Crippen molar-refractivity contribution in [3.05, 3.63) is 47.2 Å². The monoisotopic (exact) mass is 312 g/mol. The fraction of sp³-hybridized carbons (Fsp3) is 0.188. The molecule has 0 aliphatic heterocycles. The Labute approximate surface area is 132 Å². The smallest absolute Gasteiger partial charge is 0.227 e. The van der Waals surface area contributed by atoms with Crippen LogP contribution in [-0.2, 0) is 6.42 Å². The summed E-state index contributed by atoms with van der Waals surface area (Å²) in [5.74, 6) is 0.695. The minimum atomic E-state index is 0.201. The largest absolute Gasteiger partial charge is 0.508 e. The third-order valence-electron chi connectivity index (χ3n) is 3.13. The van der Waals surface area contributed by atoms with Gasteiger partial charge in [-0.15, -0.1) is 11.3 Å². The highest BCUT2D eigenvalue weighted by atomic mass is 32.1. The van der Waals surface area contributed by atoms with Gasteiger partial charge in [0, 0.05) is 18.0 Å². The lowest BCUT2D eigenvalue weighted by atomic mass is 10.3. The second-order valence-electron chi connectivity index (χ2n) is 4.82. The Hall–Kier alpha value is -2.47. The van der Waals surface area contributed by atoms with Crippen molar-refractivity contribution < 1.29 is 5.11 Å². The highest BCUT2D eigenvalue weighted by Gasteiger charge is 2.11. The fourth-order valence-corrected chi connectivity index (χ4v) is 3.07. The van der Waals surface area contributed by atoms with Crippen molar-refractivity contribution in [2.24, 2.45) is 0 Å². The predicted molar refractivity (Wildman–Crippen MR) is 88.6 cm³/mol. The summed E-state index contributed by atoms with van der Waals surface area (Å²) < 4.78 is 0. The maximum Gasteiger partial charge on any atom is 0.227 e. The van der Waals surface area contributed by atoms with Crippen molar-refractivity contribution in [2.75, 3.05) is 5.32 Å². The molecule has 0 aliphatic carbocycles. The molecule has 0 saturated carbocycles. The minimum Gasteiger partial charge on any atom is -0.508 e. The molecule has 0 saturated heterocycles. The average Bonchev–Trinajstić information content (AvgIpc) is 2.89. The number of benzene rings is 1. The highest BCUT2D eigenvalue weighted by Crippen LogP contribution is 2.29. The van der Waals surface area contributed by atoms with Crippen molar-refractivity contribution in [2.45, 2.75) is 20.3 Å². The Morgan fingerprint density at radius 3 is 2.82 bits per heavy atom. The van der Waals surface area contributed by atoms with Crippen LogP contribution < -0.4 is 5.32 Å². The number of nitrogens with zero attached hydrogens (tertiary/aromatic N) is 3. The first-order chi connectivity index (χ1) is 10.7. The molecule has 22 heavy (non-hydrogen) atoms. The van der Waals surface area contributed by atoms with E-state index in [1.54, 1.807) is 35.7 Å². The number of aromatic hydroxyl groups is 1. The van der Waals surface area contributed by atoms with Gasteiger partial charge in [-0.25, -0.2) is 15.0 Å². The number of aromatic nitrogens is 3. The number of thiazole rings is 1. The number of anilines is 2. The molecule has 1 aromatic carbocycles. The zero-order valence-corrected chi connectivity index (χ0v) is 13.2. The topological polar surface area (TPSA) is 70.9 Å². The summed E-state index contributed by atoms with van der Waals surface area (Å²) >= 11 is 1.66. The van der Waals surface area contributed by atoms with Crippen LogP contribution in [-0.4, -0.2) is 20.1 Å². The van der Waals surface area contributed by atoms with Gasteiger partial charge in [-0.2, -0.15) is 0 Å². The summed E-state index contributed by atoms with van der Waals surface area (Å²) in [6.07, 6.45) is 2.64. The van der Waals surface area contributed by atoms with Crippen molar-refractivity contribution in [3.63, 3.8) is 0 Å². The Morgan fingerprint density at radius 1 is 1.23 bits per heavy atom. The molecule has 2 heterocycles. The molecular formula is C16H16N4OS. The average molecular weight is 312 g/mol. The zero-order valence-electron chi connectivity index (χ0n) is 12.4. The van der Waals surface area contributed by atoms with Crippen molar-refractivity contribution >= 4 is 23.0 Å². The minimum absolute atomic E-state index is 0.201. The number of rotatable bonds is 4. The quantitative estimate of drug-likeness (QED) is 0.764. The van der Waals surface area contributed by atoms with Gasteiger partial charge in [0.1, 0.15) is 5.75 Å². The van der Waals surface area contributed by atoms with Crippen LogP contribution in [0.5, 0.6) is 5.75 Å². The summed E-state index contributed by atoms with van der Waals surface area (Å²) in [6, 6.07) is 8.75. The van der Waals surface area contributed by atoms with Crippen LogP contribution in [0.3, 0.4) is 0 Å². The first-order valence-electron chi connectivity index (χ1n) is 7.01. The van der Waals surface area contributed by atoms with E-state index in [0.29, 0.717) is 5.95 Å². The van der Waals surface area contributed by atoms with E-state index in [1.165, 1.54) is 0 Å². The molecule has 0 aliphatic rings. The van der Waals surface area contributed by atoms with Crippen molar-refractivity contribution in [1.82, 2.24) is 15.0 Å². The van der Waals surface area contributed by atoms with E-state index in [2.05, 4.69) is 27.2 Å². The number of hydrogen-bond acceptors (Lipinski definition) is 6. The summed E-state index contributed by atoms with van der Waals surface area (Å²) in [5, 5.41) is 13.7. The third kappa shape index (κ3) is 3.07. The lowest BCUT2D eigenvalue weighted by molar-refractivity contribution is 0.475. The van der Waals surface area contributed by atoms with E-state index in [0.717, 1.165) is 33.4 Å². The molecule has 0 unspecified atom stereocenters. The molecule has 5 nitrogen and oxygen atoms in total. The number of aryl methyl sites for hydroxylation is 2. The molecule has 0 atom stereocenters. The molecule has 3 rings (SSSR count). The molecular weight excluding hydrogens is 296 g/mol. The molecule has 112 valence electrons. The second-order valence-corrected chi connectivity index (χ2v) is 5.90. The first kappa shape index (κ1) is 14.5. The third-order valence-corrected chi connectivity index (χ3v) is 4.46. The van der Waals surface area contributed by atoms with Crippen LogP contribution >= 0.6 is 11.3 Å². The molecule has 0 radical (unpaired) electrons. The van der Waals surface area contributed by atoms with E-state index in [-0.39, 0.29) is 5.75 Å². The maximum absolute atomic E-state index is 9.50. The second kappa shape index (κ2) is 6.11. The van der Waals surface area contributed by atoms with Crippen LogP contribution in [0.1, 0.15) is 17.6 Å². The Bertz CT molecular complexity index is 800. The van der Waals surface area contributed by atoms with E-state index in [1.807, 2.05) is 19.1 Å². The van der Waals surface area contributed by atoms with Gasteiger partial charge in [-0.3, -0.25) is 0 Å². The number of hydrogen-bond donors (Lipinski definition) is 2. The van der Waals surface area contributed by atoms with Gasteiger partial charge in [0.05, 0.1) is 21.3 Å². The molecule has 2 N–H and O–H groups in total. The van der Waals surface area contributed by atoms with Crippen molar-refractivity contribution in [1.29, 1.82) is 0 Å². The number of nitrogens with one attached hydrogen (secondary N) is 1. The van der Waals surface area contributed by atoms with Gasteiger partial charge < -0.3 is 10.4 Å². The van der Waals surface area contributed by atoms with E-state index in [9.17, 15) is 5.11 Å². The van der Waals surface area contributed by atoms with Crippen LogP contribution in [0.15, 0.2) is 36.5 Å². The van der Waals surface area contributed by atoms with Gasteiger partial charge >= 0.3 is 0 Å². The molecule has 2 aromatic heterocycles. The molecule has 6 heteroatoms. The van der Waals surface area contributed by atoms with E-state index < -0.39 is 0 Å². The SMILES string of the molecule is CCc1nc(C)c(-c2ccnc(Nc3cccc(O)c3)n2)s1. The zero-order chi connectivity index (χ0) is 15.5. The van der Waals surface area contributed by atoms with Gasteiger partial charge in [0.2, 0.25) is 5.95 Å². The summed E-state index contributed by atoms with van der Waals surface area (Å²) in [4.78, 5) is 14.4. The molecule has 0 amide bonds. The molecule has 0 spiro atoms. The van der Waals surface area contributed by atoms with Gasteiger partial charge in [0.25, 0.3) is 0 Å². The molecule has 0 bridgehead atoms. The number of phenols is 1. The van der Waals surface area contributed by atoms with Gasteiger partial charge in [-0.1, -0.05) is 13.0 Å². The summed E-state index contributed by atoms with van der Waals surface area (Å²) in [5.41, 5.74) is 2.59. The fourth-order valence-electron chi connectivity index (χ4n) is 2.10. The summed E-state index contributed by atoms with van der Waals surface area (Å²) in [7, 11) is 0. The number of phenolic OH excluding ortho intramolecular Hbond substituents is 1. The standard InChI is InChI=1S/C16H16N4OS/c1-3-14-18-10(2)15(22-14)13-7-8-17-16(20-13)19-11-5-4-6-12(21)9-11/h4-9,21H,3H2,1-2H3,(H,17,19,20). The molecule has 0 fully saturated rings. The summed E-state index contributed by atoms with van der Waals surface area (Å²) in [6.45, 7) is 4.09. The highest BCUT2D eigenvalue weighted by molar-refractivity contribution is 7.15. The molecule has 3 aromatic rings. The van der Waals surface area contributed by atoms with E-state index in [4.69, 9.17) is 0 Å². The van der Waals surface area contributed by atoms with E-state index >= 15 is 0 Å². The Kier molecular flexibility index (Phi) is 4.02. The Balaban J connectivity index is 1.90. The van der Waals surface area contributed by atoms with Crippen LogP contribution in [0, 0.1) is 6.92 Å². The maximum atomic E-state index is 9.50. The van der Waals surface area contributed by atoms with Crippen LogP contribution in [0.25, 0.3) is 10.6 Å². The van der Waals surface area contributed by atoms with Crippen molar-refractivity contribution in [3.8, 4) is 16.3 Å². The van der Waals surface area contributed by atoms with Gasteiger partial charge in [0.15, 0.2) is 0 Å². The lowest BCUT2D eigenvalue weighted by Crippen LogP contribution is -1.97. The normalized spacial score (nSPS) is 10.6.